The fourth-order valence-corrected chi connectivity index (χ4v) is 4.27. The van der Waals surface area contributed by atoms with Crippen molar-refractivity contribution in [2.75, 3.05) is 13.7 Å². The SMILES string of the molecule is COc1ccc2[nH]c3c(c2c1)C(c1ccc(F)cc1)CN1C(=O)CCC=C31. The summed E-state index contributed by atoms with van der Waals surface area (Å²) in [4.78, 5) is 18.0. The molecule has 5 rings (SSSR count). The number of amides is 1. The summed E-state index contributed by atoms with van der Waals surface area (Å²) in [5.41, 5.74) is 5.09. The van der Waals surface area contributed by atoms with Crippen LogP contribution >= 0.6 is 0 Å². The maximum Gasteiger partial charge on any atom is 0.227 e. The molecule has 2 aliphatic rings. The summed E-state index contributed by atoms with van der Waals surface area (Å²) in [5.74, 6) is 0.644. The summed E-state index contributed by atoms with van der Waals surface area (Å²) in [5, 5.41) is 1.08. The zero-order chi connectivity index (χ0) is 18.5. The third-order valence-electron chi connectivity index (χ3n) is 5.58. The lowest BCUT2D eigenvalue weighted by molar-refractivity contribution is -0.128. The molecule has 0 saturated carbocycles. The van der Waals surface area contributed by atoms with Gasteiger partial charge < -0.3 is 14.6 Å². The predicted octanol–water partition coefficient (Wildman–Crippen LogP) is 4.42. The molecule has 27 heavy (non-hydrogen) atoms. The predicted molar refractivity (Wildman–Crippen MR) is 102 cm³/mol. The van der Waals surface area contributed by atoms with Gasteiger partial charge in [-0.05, 0) is 47.9 Å². The first-order valence-corrected chi connectivity index (χ1v) is 9.11. The molecule has 0 bridgehead atoms. The van der Waals surface area contributed by atoms with Crippen molar-refractivity contribution < 1.29 is 13.9 Å². The van der Waals surface area contributed by atoms with Gasteiger partial charge in [0.2, 0.25) is 5.91 Å². The van der Waals surface area contributed by atoms with Gasteiger partial charge in [-0.15, -0.1) is 0 Å². The van der Waals surface area contributed by atoms with Gasteiger partial charge in [-0.25, -0.2) is 4.39 Å². The number of nitrogens with one attached hydrogen (secondary N) is 1. The van der Waals surface area contributed by atoms with E-state index in [9.17, 15) is 9.18 Å². The van der Waals surface area contributed by atoms with Crippen LogP contribution in [0.4, 0.5) is 4.39 Å². The highest BCUT2D eigenvalue weighted by atomic mass is 19.1. The normalized spacial score (nSPS) is 18.9. The number of methoxy groups -OCH3 is 1. The number of benzene rings is 2. The van der Waals surface area contributed by atoms with Gasteiger partial charge in [0.25, 0.3) is 0 Å². The Morgan fingerprint density at radius 2 is 2.00 bits per heavy atom. The number of rotatable bonds is 2. The highest BCUT2D eigenvalue weighted by Crippen LogP contribution is 2.45. The van der Waals surface area contributed by atoms with Gasteiger partial charge in [-0.3, -0.25) is 4.79 Å². The molecule has 2 aliphatic heterocycles. The minimum Gasteiger partial charge on any atom is -0.497 e. The van der Waals surface area contributed by atoms with Crippen molar-refractivity contribution in [3.05, 3.63) is 71.2 Å². The highest BCUT2D eigenvalue weighted by Gasteiger charge is 2.36. The van der Waals surface area contributed by atoms with Crippen molar-refractivity contribution >= 4 is 22.5 Å². The molecule has 2 aromatic carbocycles. The molecule has 0 radical (unpaired) electrons. The van der Waals surface area contributed by atoms with Crippen LogP contribution in [0.5, 0.6) is 5.75 Å². The van der Waals surface area contributed by atoms with E-state index in [1.165, 1.54) is 12.1 Å². The molecule has 1 N–H and O–H groups in total. The van der Waals surface area contributed by atoms with Crippen LogP contribution in [0.3, 0.4) is 0 Å². The molecule has 0 saturated heterocycles. The Morgan fingerprint density at radius 3 is 2.78 bits per heavy atom. The zero-order valence-corrected chi connectivity index (χ0v) is 15.0. The molecule has 1 aromatic heterocycles. The van der Waals surface area contributed by atoms with E-state index in [0.29, 0.717) is 13.0 Å². The van der Waals surface area contributed by atoms with Gasteiger partial charge in [0.15, 0.2) is 0 Å². The van der Waals surface area contributed by atoms with Crippen molar-refractivity contribution in [3.63, 3.8) is 0 Å². The van der Waals surface area contributed by atoms with E-state index in [2.05, 4.69) is 11.1 Å². The number of hydrogen-bond donors (Lipinski definition) is 1. The first kappa shape index (κ1) is 16.1. The number of halogens is 1. The van der Waals surface area contributed by atoms with Gasteiger partial charge in [0, 0.05) is 29.8 Å². The van der Waals surface area contributed by atoms with Crippen LogP contribution in [-0.4, -0.2) is 29.4 Å². The molecule has 4 nitrogen and oxygen atoms in total. The van der Waals surface area contributed by atoms with Crippen LogP contribution in [0.15, 0.2) is 48.5 Å². The van der Waals surface area contributed by atoms with E-state index in [0.717, 1.165) is 45.6 Å². The number of carbonyl (C=O) groups is 1. The number of nitrogens with zero attached hydrogens (tertiary/aromatic N) is 1. The lowest BCUT2D eigenvalue weighted by Crippen LogP contribution is -2.39. The quantitative estimate of drug-likeness (QED) is 0.733. The maximum atomic E-state index is 13.5. The second-order valence-electron chi connectivity index (χ2n) is 7.06. The Hall–Kier alpha value is -3.08. The molecule has 3 aromatic rings. The van der Waals surface area contributed by atoms with Crippen molar-refractivity contribution in [2.24, 2.45) is 0 Å². The average Bonchev–Trinajstić information content (AvgIpc) is 3.07. The highest BCUT2D eigenvalue weighted by molar-refractivity contribution is 5.97. The third kappa shape index (κ3) is 2.46. The number of hydrogen-bond acceptors (Lipinski definition) is 2. The summed E-state index contributed by atoms with van der Waals surface area (Å²) < 4.78 is 18.9. The van der Waals surface area contributed by atoms with Crippen LogP contribution in [-0.2, 0) is 4.79 Å². The van der Waals surface area contributed by atoms with Crippen molar-refractivity contribution in [1.29, 1.82) is 0 Å². The van der Waals surface area contributed by atoms with Crippen LogP contribution in [0, 0.1) is 5.82 Å². The fourth-order valence-electron chi connectivity index (χ4n) is 4.27. The summed E-state index contributed by atoms with van der Waals surface area (Å²) in [6.07, 6.45) is 3.42. The van der Waals surface area contributed by atoms with E-state index >= 15 is 0 Å². The molecule has 1 amide bonds. The van der Waals surface area contributed by atoms with Gasteiger partial charge in [-0.1, -0.05) is 18.2 Å². The average molecular weight is 362 g/mol. The van der Waals surface area contributed by atoms with Crippen molar-refractivity contribution in [2.45, 2.75) is 18.8 Å². The summed E-state index contributed by atoms with van der Waals surface area (Å²) >= 11 is 0. The summed E-state index contributed by atoms with van der Waals surface area (Å²) in [6, 6.07) is 12.5. The zero-order valence-electron chi connectivity index (χ0n) is 15.0. The molecular weight excluding hydrogens is 343 g/mol. The molecule has 3 heterocycles. The number of H-pyrrole nitrogens is 1. The van der Waals surface area contributed by atoms with E-state index in [1.807, 2.05) is 35.2 Å². The number of ether oxygens (including phenoxy) is 1. The second kappa shape index (κ2) is 5.98. The van der Waals surface area contributed by atoms with Crippen LogP contribution in [0.2, 0.25) is 0 Å². The monoisotopic (exact) mass is 362 g/mol. The molecule has 0 fully saturated rings. The molecule has 1 atom stereocenters. The van der Waals surface area contributed by atoms with Crippen molar-refractivity contribution in [1.82, 2.24) is 9.88 Å². The van der Waals surface area contributed by atoms with Gasteiger partial charge in [0.1, 0.15) is 11.6 Å². The Labute approximate surface area is 156 Å². The maximum absolute atomic E-state index is 13.5. The lowest BCUT2D eigenvalue weighted by atomic mass is 9.83. The molecule has 5 heteroatoms. The molecule has 1 unspecified atom stereocenters. The smallest absolute Gasteiger partial charge is 0.227 e. The van der Waals surface area contributed by atoms with Crippen molar-refractivity contribution in [3.8, 4) is 5.75 Å². The minimum atomic E-state index is -0.259. The Kier molecular flexibility index (Phi) is 3.57. The number of fused-ring (bicyclic) bond motifs is 5. The Balaban J connectivity index is 1.78. The van der Waals surface area contributed by atoms with Crippen LogP contribution in [0.1, 0.15) is 35.6 Å². The number of aromatic nitrogens is 1. The first-order chi connectivity index (χ1) is 13.2. The van der Waals surface area contributed by atoms with E-state index in [4.69, 9.17) is 4.74 Å². The largest absolute Gasteiger partial charge is 0.497 e. The number of allylic oxidation sites excluding steroid dienone is 1. The fraction of sp³-hybridized carbons (Fsp3) is 0.227. The van der Waals surface area contributed by atoms with E-state index < -0.39 is 0 Å². The molecule has 0 spiro atoms. The topological polar surface area (TPSA) is 45.3 Å². The molecule has 136 valence electrons. The van der Waals surface area contributed by atoms with E-state index in [-0.39, 0.29) is 17.6 Å². The number of aromatic amines is 1. The Morgan fingerprint density at radius 1 is 1.19 bits per heavy atom. The lowest BCUT2D eigenvalue weighted by Gasteiger charge is -2.37. The standard InChI is InChI=1S/C22H19FN2O2/c1-27-15-9-10-18-16(11-15)21-17(13-5-7-14(23)8-6-13)12-25-19(22(21)24-18)3-2-4-20(25)26/h3,5-11,17,24H,2,4,12H2,1H3. The van der Waals surface area contributed by atoms with E-state index in [1.54, 1.807) is 7.11 Å². The van der Waals surface area contributed by atoms with Gasteiger partial charge in [0.05, 0.1) is 18.5 Å². The van der Waals surface area contributed by atoms with Gasteiger partial charge in [-0.2, -0.15) is 0 Å². The summed E-state index contributed by atoms with van der Waals surface area (Å²) in [7, 11) is 1.65. The van der Waals surface area contributed by atoms with Gasteiger partial charge >= 0.3 is 0 Å². The molecule has 0 aliphatic carbocycles. The molecular formula is C22H19FN2O2. The first-order valence-electron chi connectivity index (χ1n) is 9.11. The van der Waals surface area contributed by atoms with Crippen LogP contribution < -0.4 is 4.74 Å². The van der Waals surface area contributed by atoms with Crippen LogP contribution in [0.25, 0.3) is 16.6 Å². The second-order valence-corrected chi connectivity index (χ2v) is 7.06. The summed E-state index contributed by atoms with van der Waals surface area (Å²) in [6.45, 7) is 0.563. The third-order valence-corrected chi connectivity index (χ3v) is 5.58. The Bertz CT molecular complexity index is 1080. The number of carbonyl (C=O) groups excluding carboxylic acids is 1. The minimum absolute atomic E-state index is 0.0272.